The summed E-state index contributed by atoms with van der Waals surface area (Å²) in [4.78, 5) is 2.21. The van der Waals surface area contributed by atoms with Crippen LogP contribution in [0.15, 0.2) is 0 Å². The maximum atomic E-state index is 10.00. The smallest absolute Gasteiger partial charge is 0.185 e. The number of unbranched alkanes of at least 4 members (excludes halogenated alkanes) is 3. The van der Waals surface area contributed by atoms with Gasteiger partial charge in [0.1, 0.15) is 6.10 Å². The van der Waals surface area contributed by atoms with E-state index < -0.39 is 6.10 Å². The Morgan fingerprint density at radius 2 is 1.78 bits per heavy atom. The molecule has 0 aromatic rings. The molecule has 0 radical (unpaired) electrons. The molecule has 0 aromatic carbocycles. The zero-order chi connectivity index (χ0) is 20.8. The van der Waals surface area contributed by atoms with Crippen LogP contribution in [0, 0.1) is 23.2 Å². The minimum absolute atomic E-state index is 0.166. The molecule has 1 heterocycles. The van der Waals surface area contributed by atoms with Crippen LogP contribution in [-0.4, -0.2) is 48.2 Å². The van der Waals surface area contributed by atoms with Gasteiger partial charge in [-0.1, -0.05) is 80.1 Å². The lowest BCUT2D eigenvalue weighted by atomic mass is 10.00. The largest absolute Gasteiger partial charge is 0.475 e. The van der Waals surface area contributed by atoms with E-state index in [4.69, 9.17) is 10.1 Å². The topological polar surface area (TPSA) is 56.5 Å². The molecule has 2 N–H and O–H groups in total. The summed E-state index contributed by atoms with van der Waals surface area (Å²) in [6.07, 6.45) is 9.48. The predicted molar refractivity (Wildman–Crippen MR) is 118 cm³/mol. The van der Waals surface area contributed by atoms with Crippen molar-refractivity contribution in [3.8, 4) is 0 Å². The van der Waals surface area contributed by atoms with Gasteiger partial charge >= 0.3 is 0 Å². The second-order valence-electron chi connectivity index (χ2n) is 8.77. The molecule has 1 rings (SSSR count). The van der Waals surface area contributed by atoms with Gasteiger partial charge in [-0.05, 0) is 38.3 Å². The first-order chi connectivity index (χ1) is 12.8. The highest BCUT2D eigenvalue weighted by Crippen LogP contribution is 2.20. The van der Waals surface area contributed by atoms with Crippen molar-refractivity contribution >= 4 is 5.90 Å². The van der Waals surface area contributed by atoms with Gasteiger partial charge in [-0.2, -0.15) is 0 Å². The van der Waals surface area contributed by atoms with Crippen LogP contribution in [0.2, 0.25) is 0 Å². The summed E-state index contributed by atoms with van der Waals surface area (Å²) < 4.78 is 5.66. The van der Waals surface area contributed by atoms with Crippen molar-refractivity contribution in [1.29, 1.82) is 5.41 Å². The molecule has 1 saturated heterocycles. The third-order valence-electron chi connectivity index (χ3n) is 5.75. The predicted octanol–water partition coefficient (Wildman–Crippen LogP) is 5.73. The van der Waals surface area contributed by atoms with E-state index in [1.165, 1.54) is 38.5 Å². The average Bonchev–Trinajstić information content (AvgIpc) is 3.09. The fourth-order valence-corrected chi connectivity index (χ4v) is 3.36. The Hall–Kier alpha value is -0.610. The Kier molecular flexibility index (Phi) is 15.0. The Morgan fingerprint density at radius 1 is 1.11 bits per heavy atom. The molecule has 1 aliphatic rings. The van der Waals surface area contributed by atoms with E-state index in [1.807, 2.05) is 20.8 Å². The van der Waals surface area contributed by atoms with Crippen LogP contribution in [0.5, 0.6) is 0 Å². The normalized spacial score (nSPS) is 20.7. The molecule has 0 saturated carbocycles. The van der Waals surface area contributed by atoms with Gasteiger partial charge in [-0.25, -0.2) is 0 Å². The van der Waals surface area contributed by atoms with Crippen LogP contribution < -0.4 is 0 Å². The van der Waals surface area contributed by atoms with Gasteiger partial charge in [0.2, 0.25) is 0 Å². The van der Waals surface area contributed by atoms with Crippen LogP contribution in [0.3, 0.4) is 0 Å². The van der Waals surface area contributed by atoms with Crippen LogP contribution in [0.25, 0.3) is 0 Å². The standard InChI is InChI=1S/C13H26N2O2.C10H22/c1-5-11(12(16)9(2)3)17-13(14)10-6-7-15(4)8-10;1-4-6-7-8-9-10(3)5-2/h9-12,14,16H,5-8H2,1-4H3;10H,4-9H2,1-3H3. The van der Waals surface area contributed by atoms with Gasteiger partial charge in [0, 0.05) is 12.5 Å². The third kappa shape index (κ3) is 11.7. The van der Waals surface area contributed by atoms with Crippen molar-refractivity contribution in [2.45, 2.75) is 105 Å². The highest BCUT2D eigenvalue weighted by molar-refractivity contribution is 5.76. The quantitative estimate of drug-likeness (QED) is 0.272. The van der Waals surface area contributed by atoms with E-state index in [-0.39, 0.29) is 17.9 Å². The van der Waals surface area contributed by atoms with Gasteiger partial charge in [-0.15, -0.1) is 0 Å². The summed E-state index contributed by atoms with van der Waals surface area (Å²) in [5, 5.41) is 18.0. The maximum absolute atomic E-state index is 10.00. The summed E-state index contributed by atoms with van der Waals surface area (Å²) in [6, 6.07) is 0. The van der Waals surface area contributed by atoms with Crippen molar-refractivity contribution in [3.63, 3.8) is 0 Å². The summed E-state index contributed by atoms with van der Waals surface area (Å²) in [5.41, 5.74) is 0. The first kappa shape index (κ1) is 26.4. The van der Waals surface area contributed by atoms with Crippen molar-refractivity contribution < 1.29 is 9.84 Å². The van der Waals surface area contributed by atoms with E-state index in [0.717, 1.165) is 31.8 Å². The van der Waals surface area contributed by atoms with Gasteiger partial charge in [-0.3, -0.25) is 5.41 Å². The fraction of sp³-hybridized carbons (Fsp3) is 0.957. The number of aliphatic hydroxyl groups excluding tert-OH is 1. The molecule has 4 atom stereocenters. The molecule has 0 spiro atoms. The number of nitrogens with zero attached hydrogens (tertiary/aromatic N) is 1. The van der Waals surface area contributed by atoms with Crippen LogP contribution in [-0.2, 0) is 4.74 Å². The number of rotatable bonds is 11. The number of likely N-dealkylation sites (tertiary alicyclic amines) is 1. The zero-order valence-electron chi connectivity index (χ0n) is 19.3. The molecule has 1 fully saturated rings. The molecule has 162 valence electrons. The molecule has 4 nitrogen and oxygen atoms in total. The molecule has 4 heteroatoms. The second-order valence-corrected chi connectivity index (χ2v) is 8.77. The van der Waals surface area contributed by atoms with Crippen molar-refractivity contribution in [2.75, 3.05) is 20.1 Å². The Morgan fingerprint density at radius 3 is 2.22 bits per heavy atom. The van der Waals surface area contributed by atoms with E-state index in [1.54, 1.807) is 0 Å². The average molecular weight is 385 g/mol. The van der Waals surface area contributed by atoms with E-state index >= 15 is 0 Å². The summed E-state index contributed by atoms with van der Waals surface area (Å²) in [6.45, 7) is 14.8. The van der Waals surface area contributed by atoms with Crippen LogP contribution in [0.4, 0.5) is 0 Å². The SMILES string of the molecule is CCC(OC(=N)C1CCN(C)C1)C(O)C(C)C.CCCCCCC(C)CC. The second kappa shape index (κ2) is 15.3. The Balaban J connectivity index is 0.000000580. The van der Waals surface area contributed by atoms with Crippen molar-refractivity contribution in [1.82, 2.24) is 4.90 Å². The van der Waals surface area contributed by atoms with Crippen molar-refractivity contribution in [2.24, 2.45) is 17.8 Å². The van der Waals surface area contributed by atoms with E-state index in [0.29, 0.717) is 5.90 Å². The molecule has 0 aliphatic carbocycles. The number of nitrogens with one attached hydrogen (secondary N) is 1. The van der Waals surface area contributed by atoms with Gasteiger partial charge in [0.05, 0.1) is 6.10 Å². The fourth-order valence-electron chi connectivity index (χ4n) is 3.36. The van der Waals surface area contributed by atoms with Gasteiger partial charge in [0.15, 0.2) is 5.90 Å². The Labute approximate surface area is 169 Å². The first-order valence-corrected chi connectivity index (χ1v) is 11.4. The minimum atomic E-state index is -0.487. The van der Waals surface area contributed by atoms with Gasteiger partial charge < -0.3 is 14.7 Å². The summed E-state index contributed by atoms with van der Waals surface area (Å²) >= 11 is 0. The molecule has 0 amide bonds. The molecule has 27 heavy (non-hydrogen) atoms. The van der Waals surface area contributed by atoms with Crippen LogP contribution in [0.1, 0.15) is 92.9 Å². The lowest BCUT2D eigenvalue weighted by molar-refractivity contribution is -0.00548. The summed E-state index contributed by atoms with van der Waals surface area (Å²) in [5.74, 6) is 1.67. The maximum Gasteiger partial charge on any atom is 0.185 e. The lowest BCUT2D eigenvalue weighted by Crippen LogP contribution is -2.36. The molecule has 0 bridgehead atoms. The van der Waals surface area contributed by atoms with E-state index in [2.05, 4.69) is 32.7 Å². The molecular formula is C23H48N2O2. The monoisotopic (exact) mass is 384 g/mol. The molecular weight excluding hydrogens is 336 g/mol. The van der Waals surface area contributed by atoms with E-state index in [9.17, 15) is 5.11 Å². The zero-order valence-corrected chi connectivity index (χ0v) is 19.3. The Bertz CT molecular complexity index is 373. The molecule has 4 unspecified atom stereocenters. The third-order valence-corrected chi connectivity index (χ3v) is 5.75. The van der Waals surface area contributed by atoms with Crippen LogP contribution >= 0.6 is 0 Å². The van der Waals surface area contributed by atoms with Crippen molar-refractivity contribution in [3.05, 3.63) is 0 Å². The highest BCUT2D eigenvalue weighted by Gasteiger charge is 2.29. The summed E-state index contributed by atoms with van der Waals surface area (Å²) in [7, 11) is 2.06. The number of aliphatic hydroxyl groups is 1. The molecule has 1 aliphatic heterocycles. The highest BCUT2D eigenvalue weighted by atomic mass is 16.5. The number of hydrogen-bond acceptors (Lipinski definition) is 4. The number of ether oxygens (including phenoxy) is 1. The van der Waals surface area contributed by atoms with Gasteiger partial charge in [0.25, 0.3) is 0 Å². The lowest BCUT2D eigenvalue weighted by Gasteiger charge is -2.27. The minimum Gasteiger partial charge on any atom is -0.475 e. The first-order valence-electron chi connectivity index (χ1n) is 11.4. The number of hydrogen-bond donors (Lipinski definition) is 2. The molecule has 0 aromatic heterocycles.